The molecule has 0 saturated heterocycles. The molecule has 2 aliphatic carbocycles. The van der Waals surface area contributed by atoms with E-state index in [0.29, 0.717) is 17.8 Å². The van der Waals surface area contributed by atoms with Crippen LogP contribution in [0.5, 0.6) is 0 Å². The van der Waals surface area contributed by atoms with Crippen molar-refractivity contribution in [3.05, 3.63) is 22.5 Å². The van der Waals surface area contributed by atoms with Crippen LogP contribution in [0.4, 0.5) is 0 Å². The first-order valence-corrected chi connectivity index (χ1v) is 7.88. The molecule has 0 heterocycles. The van der Waals surface area contributed by atoms with Gasteiger partial charge < -0.3 is 4.74 Å². The van der Waals surface area contributed by atoms with Crippen LogP contribution in [-0.4, -0.2) is 11.8 Å². The number of ketones is 1. The summed E-state index contributed by atoms with van der Waals surface area (Å²) in [4.78, 5) is 24.7. The third-order valence-electron chi connectivity index (χ3n) is 4.28. The molecule has 0 spiro atoms. The van der Waals surface area contributed by atoms with Crippen molar-refractivity contribution >= 4 is 11.8 Å². The van der Waals surface area contributed by atoms with Crippen molar-refractivity contribution in [2.24, 2.45) is 11.3 Å². The molecule has 0 aliphatic heterocycles. The van der Waals surface area contributed by atoms with Crippen molar-refractivity contribution < 1.29 is 14.3 Å². The van der Waals surface area contributed by atoms with Gasteiger partial charge in [-0.05, 0) is 65.4 Å². The van der Waals surface area contributed by atoms with E-state index in [4.69, 9.17) is 4.74 Å². The lowest BCUT2D eigenvalue weighted by Gasteiger charge is -2.33. The molecule has 2 rings (SSSR count). The standard InChI is InChI=1S/C18H26O3/c1-11(2)15-14(19)10-12-8-6-7-9-13(12)16(15)21-17(20)18(3,4)5/h12H,6-10H2,1-5H3/t12-/m1/s1. The van der Waals surface area contributed by atoms with E-state index in [0.717, 1.165) is 31.3 Å². The smallest absolute Gasteiger partial charge is 0.316 e. The van der Waals surface area contributed by atoms with E-state index in [2.05, 4.69) is 0 Å². The summed E-state index contributed by atoms with van der Waals surface area (Å²) in [5, 5.41) is 0. The molecule has 3 heteroatoms. The Morgan fingerprint density at radius 1 is 1.19 bits per heavy atom. The van der Waals surface area contributed by atoms with E-state index in [1.807, 2.05) is 34.6 Å². The molecule has 0 aromatic heterocycles. The van der Waals surface area contributed by atoms with Crippen molar-refractivity contribution in [3.8, 4) is 0 Å². The van der Waals surface area contributed by atoms with Crippen LogP contribution in [0.15, 0.2) is 22.5 Å². The number of allylic oxidation sites excluding steroid dienone is 3. The van der Waals surface area contributed by atoms with Crippen molar-refractivity contribution in [3.63, 3.8) is 0 Å². The number of carbonyl (C=O) groups is 2. The number of ether oxygens (including phenoxy) is 1. The number of fused-ring (bicyclic) bond motifs is 1. The molecule has 0 unspecified atom stereocenters. The van der Waals surface area contributed by atoms with Gasteiger partial charge in [-0.1, -0.05) is 12.0 Å². The molecule has 1 atom stereocenters. The average Bonchev–Trinajstić information content (AvgIpc) is 2.36. The van der Waals surface area contributed by atoms with E-state index >= 15 is 0 Å². The van der Waals surface area contributed by atoms with Crippen LogP contribution < -0.4 is 0 Å². The SMILES string of the molecule is CC(C)=C1C(=O)C[C@H]2CCCCC2=C1OC(=O)C(C)(C)C. The van der Waals surface area contributed by atoms with E-state index in [9.17, 15) is 9.59 Å². The van der Waals surface area contributed by atoms with Crippen LogP contribution in [0.3, 0.4) is 0 Å². The summed E-state index contributed by atoms with van der Waals surface area (Å²) in [6.07, 6.45) is 4.83. The lowest BCUT2D eigenvalue weighted by atomic mass is 9.74. The lowest BCUT2D eigenvalue weighted by molar-refractivity contribution is -0.148. The first-order chi connectivity index (χ1) is 9.71. The Bertz CT molecular complexity index is 525. The van der Waals surface area contributed by atoms with Crippen molar-refractivity contribution in [1.29, 1.82) is 0 Å². The Morgan fingerprint density at radius 2 is 1.86 bits per heavy atom. The minimum Gasteiger partial charge on any atom is -0.425 e. The van der Waals surface area contributed by atoms with E-state index in [-0.39, 0.29) is 17.7 Å². The van der Waals surface area contributed by atoms with Gasteiger partial charge in [-0.2, -0.15) is 0 Å². The maximum absolute atomic E-state index is 12.4. The van der Waals surface area contributed by atoms with Crippen molar-refractivity contribution in [2.75, 3.05) is 0 Å². The fourth-order valence-corrected chi connectivity index (χ4v) is 3.09. The number of hydrogen-bond acceptors (Lipinski definition) is 3. The van der Waals surface area contributed by atoms with Gasteiger partial charge in [0, 0.05) is 6.42 Å². The van der Waals surface area contributed by atoms with Gasteiger partial charge in [-0.15, -0.1) is 0 Å². The highest BCUT2D eigenvalue weighted by molar-refractivity contribution is 6.02. The summed E-state index contributed by atoms with van der Waals surface area (Å²) >= 11 is 0. The van der Waals surface area contributed by atoms with Crippen LogP contribution in [0.1, 0.15) is 66.7 Å². The molecule has 0 aromatic carbocycles. The summed E-state index contributed by atoms with van der Waals surface area (Å²) < 4.78 is 5.73. The van der Waals surface area contributed by atoms with E-state index < -0.39 is 5.41 Å². The maximum Gasteiger partial charge on any atom is 0.316 e. The summed E-state index contributed by atoms with van der Waals surface area (Å²) in [5.74, 6) is 0.720. The predicted molar refractivity (Wildman–Crippen MR) is 82.5 cm³/mol. The van der Waals surface area contributed by atoms with E-state index in [1.165, 1.54) is 5.57 Å². The number of Topliss-reactive ketones (excluding diaryl/α,β-unsaturated/α-hetero) is 1. The summed E-state index contributed by atoms with van der Waals surface area (Å²) in [5.41, 5.74) is 2.20. The number of carbonyl (C=O) groups excluding carboxylic acids is 2. The Balaban J connectivity index is 2.47. The molecule has 3 nitrogen and oxygen atoms in total. The highest BCUT2D eigenvalue weighted by Gasteiger charge is 2.37. The zero-order valence-electron chi connectivity index (χ0n) is 13.8. The molecule has 116 valence electrons. The molecule has 0 aromatic rings. The van der Waals surface area contributed by atoms with Crippen LogP contribution in [-0.2, 0) is 14.3 Å². The second-order valence-electron chi connectivity index (χ2n) is 7.44. The summed E-state index contributed by atoms with van der Waals surface area (Å²) in [7, 11) is 0. The summed E-state index contributed by atoms with van der Waals surface area (Å²) in [6, 6.07) is 0. The molecule has 1 fully saturated rings. The topological polar surface area (TPSA) is 43.4 Å². The van der Waals surface area contributed by atoms with Gasteiger partial charge in [0.25, 0.3) is 0 Å². The van der Waals surface area contributed by atoms with Crippen molar-refractivity contribution in [2.45, 2.75) is 66.7 Å². The molecule has 1 saturated carbocycles. The largest absolute Gasteiger partial charge is 0.425 e. The third-order valence-corrected chi connectivity index (χ3v) is 4.28. The predicted octanol–water partition coefficient (Wildman–Crippen LogP) is 4.33. The fourth-order valence-electron chi connectivity index (χ4n) is 3.09. The highest BCUT2D eigenvalue weighted by atomic mass is 16.5. The zero-order chi connectivity index (χ0) is 15.8. The average molecular weight is 290 g/mol. The van der Waals surface area contributed by atoms with Crippen LogP contribution in [0, 0.1) is 11.3 Å². The number of rotatable bonds is 1. The lowest BCUT2D eigenvalue weighted by Crippen LogP contribution is -2.30. The van der Waals surface area contributed by atoms with Crippen LogP contribution in [0.25, 0.3) is 0 Å². The Hall–Kier alpha value is -1.38. The normalized spacial score (nSPS) is 23.0. The Labute approximate surface area is 127 Å². The van der Waals surface area contributed by atoms with E-state index in [1.54, 1.807) is 0 Å². The molecule has 21 heavy (non-hydrogen) atoms. The molecule has 2 aliphatic rings. The first-order valence-electron chi connectivity index (χ1n) is 7.88. The van der Waals surface area contributed by atoms with Gasteiger partial charge in [0.15, 0.2) is 5.78 Å². The van der Waals surface area contributed by atoms with Crippen molar-refractivity contribution in [1.82, 2.24) is 0 Å². The zero-order valence-corrected chi connectivity index (χ0v) is 13.8. The Morgan fingerprint density at radius 3 is 2.43 bits per heavy atom. The molecular formula is C18H26O3. The van der Waals surface area contributed by atoms with Gasteiger partial charge in [-0.25, -0.2) is 0 Å². The van der Waals surface area contributed by atoms with Gasteiger partial charge >= 0.3 is 5.97 Å². The minimum absolute atomic E-state index is 0.127. The molecule has 0 N–H and O–H groups in total. The second-order valence-corrected chi connectivity index (χ2v) is 7.44. The van der Waals surface area contributed by atoms with Crippen LogP contribution in [0.2, 0.25) is 0 Å². The highest BCUT2D eigenvalue weighted by Crippen LogP contribution is 2.42. The van der Waals surface area contributed by atoms with Gasteiger partial charge in [0.1, 0.15) is 5.76 Å². The minimum atomic E-state index is -0.565. The van der Waals surface area contributed by atoms with Crippen LogP contribution >= 0.6 is 0 Å². The first kappa shape index (κ1) is 16.0. The molecule has 0 radical (unpaired) electrons. The molecule has 0 amide bonds. The second kappa shape index (κ2) is 5.78. The van der Waals surface area contributed by atoms with Gasteiger partial charge in [0.05, 0.1) is 11.0 Å². The molecule has 0 bridgehead atoms. The van der Waals surface area contributed by atoms with Gasteiger partial charge in [0.2, 0.25) is 0 Å². The monoisotopic (exact) mass is 290 g/mol. The van der Waals surface area contributed by atoms with Gasteiger partial charge in [-0.3, -0.25) is 9.59 Å². The summed E-state index contributed by atoms with van der Waals surface area (Å²) in [6.45, 7) is 9.35. The third kappa shape index (κ3) is 3.28. The quantitative estimate of drug-likeness (QED) is 0.533. The number of hydrogen-bond donors (Lipinski definition) is 0. The Kier molecular flexibility index (Phi) is 4.40. The maximum atomic E-state index is 12.4. The fraction of sp³-hybridized carbons (Fsp3) is 0.667. The number of esters is 1. The molecular weight excluding hydrogens is 264 g/mol.